The molecule has 0 atom stereocenters. The van der Waals surface area contributed by atoms with Crippen LogP contribution in [-0.2, 0) is 0 Å². The Kier molecular flexibility index (Phi) is 2.33. The molecule has 1 aromatic rings. The highest BCUT2D eigenvalue weighted by atomic mass is 19.1. The second-order valence-electron chi connectivity index (χ2n) is 2.18. The zero-order chi connectivity index (χ0) is 8.27. The average Bonchev–Trinajstić information content (AvgIpc) is 2.05. The third-order valence-corrected chi connectivity index (χ3v) is 1.39. The number of carbonyl (C=O) groups excluding carboxylic acids is 1. The van der Waals surface area contributed by atoms with Crippen molar-refractivity contribution in [2.24, 2.45) is 0 Å². The Morgan fingerprint density at radius 3 is 2.36 bits per heavy atom. The third kappa shape index (κ3) is 1.85. The van der Waals surface area contributed by atoms with Gasteiger partial charge in [0.25, 0.3) is 0 Å². The van der Waals surface area contributed by atoms with Crippen molar-refractivity contribution in [3.63, 3.8) is 0 Å². The van der Waals surface area contributed by atoms with E-state index in [1.807, 2.05) is 0 Å². The minimum absolute atomic E-state index is 0.0648. The van der Waals surface area contributed by atoms with Crippen LogP contribution in [0.15, 0.2) is 24.3 Å². The predicted octanol–water partition coefficient (Wildman–Crippen LogP) is 0.250. The molecule has 0 aliphatic rings. The summed E-state index contributed by atoms with van der Waals surface area (Å²) >= 11 is 0. The second-order valence-corrected chi connectivity index (χ2v) is 2.18. The van der Waals surface area contributed by atoms with Gasteiger partial charge in [-0.15, -0.1) is 0 Å². The molecule has 0 saturated heterocycles. The van der Waals surface area contributed by atoms with Crippen LogP contribution in [0.2, 0.25) is 0 Å². The minimum Gasteiger partial charge on any atom is -0.351 e. The maximum atomic E-state index is 12.3. The number of rotatable bonds is 2. The molecule has 2 nitrogen and oxygen atoms in total. The van der Waals surface area contributed by atoms with Crippen LogP contribution in [0.4, 0.5) is 4.39 Å². The van der Waals surface area contributed by atoms with Crippen LogP contribution < -0.4 is 5.73 Å². The Morgan fingerprint density at radius 2 is 1.91 bits per heavy atom. The van der Waals surface area contributed by atoms with Crippen LogP contribution in [0.5, 0.6) is 0 Å². The van der Waals surface area contributed by atoms with E-state index in [-0.39, 0.29) is 18.1 Å². The summed E-state index contributed by atoms with van der Waals surface area (Å²) in [4.78, 5) is 10.9. The highest BCUT2D eigenvalue weighted by Gasteiger charge is 2.03. The lowest BCUT2D eigenvalue weighted by molar-refractivity contribution is -0.349. The van der Waals surface area contributed by atoms with Gasteiger partial charge in [-0.3, -0.25) is 4.79 Å². The molecular formula is C8H9FNO+. The van der Waals surface area contributed by atoms with E-state index in [0.29, 0.717) is 5.56 Å². The molecule has 0 aromatic heterocycles. The maximum absolute atomic E-state index is 12.3. The van der Waals surface area contributed by atoms with Gasteiger partial charge in [0.1, 0.15) is 12.4 Å². The van der Waals surface area contributed by atoms with E-state index >= 15 is 0 Å². The Balaban J connectivity index is 2.90. The summed E-state index contributed by atoms with van der Waals surface area (Å²) in [6, 6.07) is 5.46. The lowest BCUT2D eigenvalue weighted by Gasteiger charge is -1.93. The molecule has 1 aromatic carbocycles. The van der Waals surface area contributed by atoms with E-state index in [1.165, 1.54) is 24.3 Å². The Morgan fingerprint density at radius 1 is 1.36 bits per heavy atom. The molecule has 0 aliphatic carbocycles. The molecule has 0 heterocycles. The van der Waals surface area contributed by atoms with Crippen molar-refractivity contribution < 1.29 is 14.9 Å². The van der Waals surface area contributed by atoms with Gasteiger partial charge in [-0.2, -0.15) is 0 Å². The third-order valence-electron chi connectivity index (χ3n) is 1.39. The fourth-order valence-electron chi connectivity index (χ4n) is 0.780. The van der Waals surface area contributed by atoms with Crippen molar-refractivity contribution >= 4 is 5.78 Å². The van der Waals surface area contributed by atoms with E-state index in [0.717, 1.165) is 0 Å². The molecule has 0 aliphatic heterocycles. The minimum atomic E-state index is -0.328. The van der Waals surface area contributed by atoms with Crippen molar-refractivity contribution in [2.45, 2.75) is 0 Å². The topological polar surface area (TPSA) is 44.7 Å². The van der Waals surface area contributed by atoms with Gasteiger partial charge in [0.15, 0.2) is 0 Å². The molecule has 1 rings (SSSR count). The molecule has 0 bridgehead atoms. The number of benzene rings is 1. The normalized spacial score (nSPS) is 9.64. The van der Waals surface area contributed by atoms with Crippen molar-refractivity contribution in [3.8, 4) is 0 Å². The van der Waals surface area contributed by atoms with Crippen molar-refractivity contribution in [3.05, 3.63) is 35.6 Å². The van der Waals surface area contributed by atoms with Gasteiger partial charge in [-0.1, -0.05) is 0 Å². The molecule has 0 saturated carbocycles. The summed E-state index contributed by atoms with van der Waals surface area (Å²) in [6.07, 6.45) is 0. The predicted molar refractivity (Wildman–Crippen MR) is 38.5 cm³/mol. The number of carbonyl (C=O) groups is 1. The number of quaternary nitrogens is 1. The molecule has 11 heavy (non-hydrogen) atoms. The maximum Gasteiger partial charge on any atom is 0.216 e. The summed E-state index contributed by atoms with van der Waals surface area (Å²) in [5.41, 5.74) is 3.96. The summed E-state index contributed by atoms with van der Waals surface area (Å²) in [5.74, 6) is -0.393. The zero-order valence-corrected chi connectivity index (χ0v) is 6.01. The van der Waals surface area contributed by atoms with Crippen molar-refractivity contribution in [2.75, 3.05) is 6.54 Å². The largest absolute Gasteiger partial charge is 0.351 e. The molecule has 0 radical (unpaired) electrons. The van der Waals surface area contributed by atoms with Gasteiger partial charge in [-0.05, 0) is 24.3 Å². The first-order valence-corrected chi connectivity index (χ1v) is 3.32. The first kappa shape index (κ1) is 7.88. The van der Waals surface area contributed by atoms with E-state index in [4.69, 9.17) is 0 Å². The quantitative estimate of drug-likeness (QED) is 0.610. The van der Waals surface area contributed by atoms with Gasteiger partial charge in [0.2, 0.25) is 5.78 Å². The molecule has 58 valence electrons. The van der Waals surface area contributed by atoms with Gasteiger partial charge in [0, 0.05) is 5.56 Å². The molecular weight excluding hydrogens is 145 g/mol. The first-order chi connectivity index (χ1) is 5.24. The van der Waals surface area contributed by atoms with E-state index in [2.05, 4.69) is 5.73 Å². The smallest absolute Gasteiger partial charge is 0.216 e. The SMILES string of the molecule is [NH3+]CC(=O)c1ccc(F)cc1. The average molecular weight is 154 g/mol. The molecule has 0 spiro atoms. The van der Waals surface area contributed by atoms with Crippen LogP contribution in [0.25, 0.3) is 0 Å². The van der Waals surface area contributed by atoms with E-state index < -0.39 is 0 Å². The fourth-order valence-corrected chi connectivity index (χ4v) is 0.780. The number of hydrogen-bond acceptors (Lipinski definition) is 1. The van der Waals surface area contributed by atoms with Crippen LogP contribution in [-0.4, -0.2) is 12.3 Å². The van der Waals surface area contributed by atoms with E-state index in [1.54, 1.807) is 0 Å². The van der Waals surface area contributed by atoms with Gasteiger partial charge in [-0.25, -0.2) is 4.39 Å². The molecule has 0 fully saturated rings. The second kappa shape index (κ2) is 3.25. The van der Waals surface area contributed by atoms with Gasteiger partial charge in [0.05, 0.1) is 0 Å². The first-order valence-electron chi connectivity index (χ1n) is 3.32. The summed E-state index contributed by atoms with van der Waals surface area (Å²) < 4.78 is 12.3. The summed E-state index contributed by atoms with van der Waals surface area (Å²) in [7, 11) is 0. The molecule has 0 amide bonds. The van der Waals surface area contributed by atoms with Gasteiger partial charge >= 0.3 is 0 Å². The summed E-state index contributed by atoms with van der Waals surface area (Å²) in [6.45, 7) is 0.214. The highest BCUT2D eigenvalue weighted by molar-refractivity contribution is 5.96. The van der Waals surface area contributed by atoms with Crippen LogP contribution in [0.1, 0.15) is 10.4 Å². The van der Waals surface area contributed by atoms with Crippen molar-refractivity contribution in [1.29, 1.82) is 0 Å². The summed E-state index contributed by atoms with van der Waals surface area (Å²) in [5, 5.41) is 0. The van der Waals surface area contributed by atoms with Crippen molar-refractivity contribution in [1.82, 2.24) is 0 Å². The monoisotopic (exact) mass is 154 g/mol. The number of ketones is 1. The number of hydrogen-bond donors (Lipinski definition) is 1. The lowest BCUT2D eigenvalue weighted by Crippen LogP contribution is -2.54. The Bertz CT molecular complexity index is 255. The molecule has 0 unspecified atom stereocenters. The fraction of sp³-hybridized carbons (Fsp3) is 0.125. The van der Waals surface area contributed by atoms with E-state index in [9.17, 15) is 9.18 Å². The zero-order valence-electron chi connectivity index (χ0n) is 6.01. The lowest BCUT2D eigenvalue weighted by atomic mass is 10.1. The molecule has 3 N–H and O–H groups in total. The number of halogens is 1. The number of Topliss-reactive ketones (excluding diaryl/α,β-unsaturated/α-hetero) is 1. The Hall–Kier alpha value is -1.22. The highest BCUT2D eigenvalue weighted by Crippen LogP contribution is 2.02. The Labute approximate surface area is 63.8 Å². The molecule has 3 heteroatoms. The van der Waals surface area contributed by atoms with Crippen LogP contribution in [0, 0.1) is 5.82 Å². The van der Waals surface area contributed by atoms with Crippen LogP contribution >= 0.6 is 0 Å². The standard InChI is InChI=1S/C8H8FNO/c9-7-3-1-6(2-4-7)8(11)5-10/h1-4H,5,10H2/p+1. The van der Waals surface area contributed by atoms with Gasteiger partial charge < -0.3 is 5.73 Å². The van der Waals surface area contributed by atoms with Crippen LogP contribution in [0.3, 0.4) is 0 Å².